The zero-order valence-electron chi connectivity index (χ0n) is 17.9. The number of rotatable bonds is 8. The summed E-state index contributed by atoms with van der Waals surface area (Å²) in [6, 6.07) is 13.9. The number of carboxylic acids is 1. The zero-order chi connectivity index (χ0) is 25.6. The molecule has 184 valence electrons. The van der Waals surface area contributed by atoms with Crippen LogP contribution >= 0.6 is 0 Å². The maximum Gasteiger partial charge on any atom is 0.417 e. The number of nitrogens with zero attached hydrogens (tertiary/aromatic N) is 2. The van der Waals surface area contributed by atoms with Crippen LogP contribution in [-0.2, 0) is 35.7 Å². The minimum atomic E-state index is -4.21. The summed E-state index contributed by atoms with van der Waals surface area (Å²) >= 11 is 0. The molecule has 4 amide bonds. The van der Waals surface area contributed by atoms with Gasteiger partial charge in [-0.2, -0.15) is 4.31 Å². The molecule has 0 fully saturated rings. The van der Waals surface area contributed by atoms with Crippen LogP contribution in [0, 0.1) is 0 Å². The van der Waals surface area contributed by atoms with Gasteiger partial charge < -0.3 is 19.9 Å². The van der Waals surface area contributed by atoms with Crippen molar-refractivity contribution in [1.29, 1.82) is 0 Å². The first-order chi connectivity index (χ1) is 16.6. The fourth-order valence-electron chi connectivity index (χ4n) is 2.96. The number of imide groups is 1. The Labute approximate surface area is 198 Å². The molecule has 0 radical (unpaired) electrons. The predicted molar refractivity (Wildman–Crippen MR) is 115 cm³/mol. The highest BCUT2D eigenvalue weighted by molar-refractivity contribution is 7.90. The summed E-state index contributed by atoms with van der Waals surface area (Å²) in [6.07, 6.45) is -2.53. The first-order valence-corrected chi connectivity index (χ1v) is 11.3. The summed E-state index contributed by atoms with van der Waals surface area (Å²) in [7, 11) is -4.21. The molecule has 2 aromatic carbocycles. The van der Waals surface area contributed by atoms with Crippen molar-refractivity contribution < 1.29 is 47.0 Å². The molecule has 0 bridgehead atoms. The van der Waals surface area contributed by atoms with Crippen LogP contribution in [0.5, 0.6) is 0 Å². The molecule has 35 heavy (non-hydrogen) atoms. The second kappa shape index (κ2) is 10.6. The fourth-order valence-corrected chi connectivity index (χ4v) is 4.39. The second-order valence-corrected chi connectivity index (χ2v) is 8.81. The molecular weight excluding hydrogens is 486 g/mol. The number of sulfonamides is 1. The smallest absolute Gasteiger partial charge is 0.417 e. The van der Waals surface area contributed by atoms with Crippen LogP contribution in [0.15, 0.2) is 59.5 Å². The Morgan fingerprint density at radius 2 is 1.63 bits per heavy atom. The number of carbonyl (C=O) groups excluding carboxylic acids is 4. The molecule has 0 unspecified atom stereocenters. The normalized spacial score (nSPS) is 13.5. The topological polar surface area (TPSA) is 177 Å². The highest BCUT2D eigenvalue weighted by Gasteiger charge is 2.41. The lowest BCUT2D eigenvalue weighted by Crippen LogP contribution is -2.46. The summed E-state index contributed by atoms with van der Waals surface area (Å²) < 4.78 is 34.9. The van der Waals surface area contributed by atoms with Crippen molar-refractivity contribution >= 4 is 40.0 Å². The number of hydrogen-bond donors (Lipinski definition) is 2. The summed E-state index contributed by atoms with van der Waals surface area (Å²) in [4.78, 5) is 59.9. The standard InChI is InChI=1S/C21H19N3O10S/c25-17(23(11-18(26)27)21(30)33-12-14-6-2-1-3-7-14)10-22-20(29)34-13-24-19(28)15-8-4-5-9-16(15)35(24,31)32/h1-9H,10-13H2,(H,22,29)(H,26,27). The van der Waals surface area contributed by atoms with Gasteiger partial charge in [0.1, 0.15) is 24.6 Å². The third kappa shape index (κ3) is 5.92. The molecular formula is C21H19N3O10S. The highest BCUT2D eigenvalue weighted by Crippen LogP contribution is 2.29. The number of aliphatic carboxylic acids is 1. The Balaban J connectivity index is 1.53. The molecule has 2 aromatic rings. The van der Waals surface area contributed by atoms with Crippen LogP contribution in [0.4, 0.5) is 9.59 Å². The average molecular weight is 505 g/mol. The van der Waals surface area contributed by atoms with Crippen LogP contribution in [0.2, 0.25) is 0 Å². The van der Waals surface area contributed by atoms with Gasteiger partial charge in [-0.1, -0.05) is 42.5 Å². The van der Waals surface area contributed by atoms with E-state index in [2.05, 4.69) is 0 Å². The number of benzene rings is 2. The van der Waals surface area contributed by atoms with Crippen molar-refractivity contribution in [3.8, 4) is 0 Å². The van der Waals surface area contributed by atoms with E-state index in [1.807, 2.05) is 5.32 Å². The van der Waals surface area contributed by atoms with Crippen LogP contribution in [0.3, 0.4) is 0 Å². The third-order valence-electron chi connectivity index (χ3n) is 4.63. The van der Waals surface area contributed by atoms with Crippen molar-refractivity contribution in [2.45, 2.75) is 11.5 Å². The van der Waals surface area contributed by atoms with E-state index in [1.165, 1.54) is 24.3 Å². The van der Waals surface area contributed by atoms with Gasteiger partial charge in [-0.25, -0.2) is 22.9 Å². The van der Waals surface area contributed by atoms with Crippen molar-refractivity contribution in [2.24, 2.45) is 0 Å². The molecule has 2 N–H and O–H groups in total. The fraction of sp³-hybridized carbons (Fsp3) is 0.190. The van der Waals surface area contributed by atoms with Gasteiger partial charge in [-0.15, -0.1) is 0 Å². The summed E-state index contributed by atoms with van der Waals surface area (Å²) in [5, 5.41) is 11.0. The minimum Gasteiger partial charge on any atom is -0.480 e. The van der Waals surface area contributed by atoms with Crippen LogP contribution in [0.25, 0.3) is 0 Å². The molecule has 0 spiro atoms. The zero-order valence-corrected chi connectivity index (χ0v) is 18.8. The molecule has 3 rings (SSSR count). The van der Waals surface area contributed by atoms with Gasteiger partial charge in [0, 0.05) is 0 Å². The number of hydrogen-bond acceptors (Lipinski definition) is 9. The molecule has 1 aliphatic heterocycles. The Kier molecular flexibility index (Phi) is 7.66. The predicted octanol–water partition coefficient (Wildman–Crippen LogP) is 0.765. The lowest BCUT2D eigenvalue weighted by Gasteiger charge is -2.19. The first kappa shape index (κ1) is 25.2. The molecule has 0 saturated carbocycles. The van der Waals surface area contributed by atoms with E-state index in [4.69, 9.17) is 14.6 Å². The van der Waals surface area contributed by atoms with Crippen LogP contribution in [0.1, 0.15) is 15.9 Å². The van der Waals surface area contributed by atoms with Gasteiger partial charge >= 0.3 is 18.2 Å². The second-order valence-electron chi connectivity index (χ2n) is 6.98. The van der Waals surface area contributed by atoms with Crippen molar-refractivity contribution in [3.05, 3.63) is 65.7 Å². The highest BCUT2D eigenvalue weighted by atomic mass is 32.2. The van der Waals surface area contributed by atoms with Gasteiger partial charge in [0.15, 0.2) is 6.73 Å². The number of ether oxygens (including phenoxy) is 2. The largest absolute Gasteiger partial charge is 0.480 e. The van der Waals surface area contributed by atoms with E-state index in [9.17, 15) is 32.4 Å². The summed E-state index contributed by atoms with van der Waals surface area (Å²) in [6.45, 7) is -3.08. The van der Waals surface area contributed by atoms with Crippen molar-refractivity contribution in [1.82, 2.24) is 14.5 Å². The quantitative estimate of drug-likeness (QED) is 0.521. The first-order valence-electron chi connectivity index (χ1n) is 9.91. The minimum absolute atomic E-state index is 0.0787. The number of nitrogens with one attached hydrogen (secondary N) is 1. The molecule has 0 saturated heterocycles. The van der Waals surface area contributed by atoms with E-state index in [-0.39, 0.29) is 22.0 Å². The maximum absolute atomic E-state index is 12.4. The van der Waals surface area contributed by atoms with Gasteiger partial charge in [-0.3, -0.25) is 14.4 Å². The van der Waals surface area contributed by atoms with Crippen LogP contribution < -0.4 is 5.32 Å². The molecule has 1 heterocycles. The lowest BCUT2D eigenvalue weighted by atomic mass is 10.2. The molecule has 0 aliphatic carbocycles. The Bertz CT molecular complexity index is 1260. The van der Waals surface area contributed by atoms with E-state index < -0.39 is 59.8 Å². The van der Waals surface area contributed by atoms with E-state index in [1.54, 1.807) is 30.3 Å². The number of fused-ring (bicyclic) bond motifs is 1. The van der Waals surface area contributed by atoms with E-state index in [0.717, 1.165) is 0 Å². The van der Waals surface area contributed by atoms with E-state index in [0.29, 0.717) is 9.87 Å². The molecule has 0 atom stereocenters. The maximum atomic E-state index is 12.4. The third-order valence-corrected chi connectivity index (χ3v) is 6.39. The number of alkyl carbamates (subject to hydrolysis) is 1. The number of carboxylic acid groups (broad SMARTS) is 1. The Morgan fingerprint density at radius 1 is 0.971 bits per heavy atom. The molecule has 0 aromatic heterocycles. The summed E-state index contributed by atoms with van der Waals surface area (Å²) in [5.41, 5.74) is 0.517. The van der Waals surface area contributed by atoms with Gasteiger partial charge in [0.05, 0.1) is 5.56 Å². The van der Waals surface area contributed by atoms with Gasteiger partial charge in [-0.05, 0) is 17.7 Å². The summed E-state index contributed by atoms with van der Waals surface area (Å²) in [5.74, 6) is -3.52. The Morgan fingerprint density at radius 3 is 2.29 bits per heavy atom. The van der Waals surface area contributed by atoms with Crippen molar-refractivity contribution in [3.63, 3.8) is 0 Å². The Hall–Kier alpha value is -4.46. The van der Waals surface area contributed by atoms with Gasteiger partial charge in [0.2, 0.25) is 0 Å². The average Bonchev–Trinajstić information content (AvgIpc) is 3.03. The van der Waals surface area contributed by atoms with E-state index >= 15 is 0 Å². The SMILES string of the molecule is O=C(O)CN(C(=O)CNC(=O)OCN1C(=O)c2ccccc2S1(=O)=O)C(=O)OCc1ccccc1. The molecule has 13 nitrogen and oxygen atoms in total. The lowest BCUT2D eigenvalue weighted by molar-refractivity contribution is -0.143. The number of carbonyl (C=O) groups is 5. The number of amides is 4. The van der Waals surface area contributed by atoms with Crippen molar-refractivity contribution in [2.75, 3.05) is 19.8 Å². The molecule has 1 aliphatic rings. The van der Waals surface area contributed by atoms with Crippen LogP contribution in [-0.4, -0.2) is 72.5 Å². The monoisotopic (exact) mass is 505 g/mol. The van der Waals surface area contributed by atoms with Gasteiger partial charge in [0.25, 0.3) is 21.8 Å². The molecule has 14 heteroatoms.